The first-order chi connectivity index (χ1) is 15.1. The molecule has 2 rings (SSSR count). The van der Waals surface area contributed by atoms with Crippen molar-refractivity contribution in [1.82, 2.24) is 5.32 Å². The quantitative estimate of drug-likeness (QED) is 0.460. The summed E-state index contributed by atoms with van der Waals surface area (Å²) in [7, 11) is 0. The molecule has 0 saturated carbocycles. The topological polar surface area (TPSA) is 144 Å². The van der Waals surface area contributed by atoms with Crippen molar-refractivity contribution in [3.63, 3.8) is 0 Å². The highest BCUT2D eigenvalue weighted by molar-refractivity contribution is 5.94. The van der Waals surface area contributed by atoms with E-state index in [2.05, 4.69) is 5.32 Å². The zero-order valence-electron chi connectivity index (χ0n) is 18.1. The molecule has 0 unspecified atom stereocenters. The summed E-state index contributed by atoms with van der Waals surface area (Å²) >= 11 is 0. The van der Waals surface area contributed by atoms with E-state index in [-0.39, 0.29) is 12.2 Å². The monoisotopic (exact) mass is 451 g/mol. The summed E-state index contributed by atoms with van der Waals surface area (Å²) in [4.78, 5) is 59.3. The SMILES string of the molecule is CC(=O)OC[C@@H]1O[C@H](OC(C)=O)[C@H](NC(=O)c2ccccc2)[C@H](OC(C)=O)[C@@H]1OC(C)=O. The van der Waals surface area contributed by atoms with E-state index in [1.807, 2.05) is 0 Å². The number of esters is 4. The fraction of sp³-hybridized carbons (Fsp3) is 0.476. The Bertz CT molecular complexity index is 855. The third-order valence-corrected chi connectivity index (χ3v) is 4.32. The van der Waals surface area contributed by atoms with Gasteiger partial charge < -0.3 is 29.0 Å². The minimum atomic E-state index is -1.43. The molecule has 0 bridgehead atoms. The average molecular weight is 451 g/mol. The van der Waals surface area contributed by atoms with Gasteiger partial charge >= 0.3 is 23.9 Å². The first kappa shape index (κ1) is 24.8. The van der Waals surface area contributed by atoms with Gasteiger partial charge in [-0.2, -0.15) is 0 Å². The van der Waals surface area contributed by atoms with Gasteiger partial charge in [0.05, 0.1) is 0 Å². The van der Waals surface area contributed by atoms with Crippen molar-refractivity contribution in [3.8, 4) is 0 Å². The molecule has 0 aliphatic carbocycles. The Morgan fingerprint density at radius 3 is 1.91 bits per heavy atom. The Labute approximate surface area is 184 Å². The standard InChI is InChI=1S/C21H25NO10/c1-11(23)28-10-16-18(29-12(2)24)19(30-13(3)25)17(21(32-16)31-14(4)26)22-20(27)15-8-6-5-7-9-15/h5-9,16-19,21H,10H2,1-4H3,(H,22,27)/t16-,17+,18+,19-,21-/m0/s1. The molecule has 1 amide bonds. The molecular formula is C21H25NO10. The predicted octanol–water partition coefficient (Wildman–Crippen LogP) is 0.500. The highest BCUT2D eigenvalue weighted by Gasteiger charge is 2.52. The van der Waals surface area contributed by atoms with E-state index >= 15 is 0 Å². The number of hydrogen-bond donors (Lipinski definition) is 1. The van der Waals surface area contributed by atoms with Crippen molar-refractivity contribution in [2.75, 3.05) is 6.61 Å². The Kier molecular flexibility index (Phi) is 8.71. The van der Waals surface area contributed by atoms with Crippen LogP contribution in [0.15, 0.2) is 30.3 Å². The average Bonchev–Trinajstić information content (AvgIpc) is 2.70. The fourth-order valence-corrected chi connectivity index (χ4v) is 3.14. The third-order valence-electron chi connectivity index (χ3n) is 4.32. The van der Waals surface area contributed by atoms with Crippen molar-refractivity contribution < 1.29 is 47.7 Å². The van der Waals surface area contributed by atoms with Gasteiger partial charge in [-0.15, -0.1) is 0 Å². The largest absolute Gasteiger partial charge is 0.463 e. The van der Waals surface area contributed by atoms with Gasteiger partial charge in [0, 0.05) is 33.3 Å². The van der Waals surface area contributed by atoms with Crippen LogP contribution >= 0.6 is 0 Å². The lowest BCUT2D eigenvalue weighted by Gasteiger charge is -2.44. The molecule has 1 aliphatic heterocycles. The summed E-state index contributed by atoms with van der Waals surface area (Å²) in [5, 5.41) is 2.62. The number of rotatable bonds is 7. The second-order valence-corrected chi connectivity index (χ2v) is 6.97. The smallest absolute Gasteiger partial charge is 0.305 e. The van der Waals surface area contributed by atoms with Gasteiger partial charge in [-0.05, 0) is 12.1 Å². The lowest BCUT2D eigenvalue weighted by Crippen LogP contribution is -2.67. The van der Waals surface area contributed by atoms with Crippen LogP contribution in [0.4, 0.5) is 0 Å². The van der Waals surface area contributed by atoms with E-state index in [9.17, 15) is 24.0 Å². The summed E-state index contributed by atoms with van der Waals surface area (Å²) in [6.45, 7) is 4.16. The Morgan fingerprint density at radius 1 is 0.812 bits per heavy atom. The lowest BCUT2D eigenvalue weighted by atomic mass is 9.95. The van der Waals surface area contributed by atoms with Crippen molar-refractivity contribution in [2.24, 2.45) is 0 Å². The first-order valence-corrected chi connectivity index (χ1v) is 9.75. The van der Waals surface area contributed by atoms with E-state index in [1.165, 1.54) is 6.92 Å². The summed E-state index contributed by atoms with van der Waals surface area (Å²) in [6.07, 6.45) is -5.18. The number of amides is 1. The fourth-order valence-electron chi connectivity index (χ4n) is 3.14. The molecular weight excluding hydrogens is 426 g/mol. The second kappa shape index (κ2) is 11.2. The van der Waals surface area contributed by atoms with Crippen LogP contribution < -0.4 is 5.32 Å². The first-order valence-electron chi connectivity index (χ1n) is 9.75. The summed E-state index contributed by atoms with van der Waals surface area (Å²) < 4.78 is 26.5. The van der Waals surface area contributed by atoms with Crippen molar-refractivity contribution >= 4 is 29.8 Å². The molecule has 11 heteroatoms. The van der Waals surface area contributed by atoms with Crippen molar-refractivity contribution in [2.45, 2.75) is 58.3 Å². The van der Waals surface area contributed by atoms with Crippen LogP contribution in [0.1, 0.15) is 38.1 Å². The number of nitrogens with one attached hydrogen (secondary N) is 1. The lowest BCUT2D eigenvalue weighted by molar-refractivity contribution is -0.270. The highest BCUT2D eigenvalue weighted by Crippen LogP contribution is 2.28. The van der Waals surface area contributed by atoms with Gasteiger partial charge in [-0.1, -0.05) is 18.2 Å². The van der Waals surface area contributed by atoms with E-state index in [0.717, 1.165) is 20.8 Å². The summed E-state index contributed by atoms with van der Waals surface area (Å²) in [5.74, 6) is -3.44. The highest BCUT2D eigenvalue weighted by atomic mass is 16.7. The summed E-state index contributed by atoms with van der Waals surface area (Å²) in [6, 6.07) is 6.88. The number of ether oxygens (including phenoxy) is 5. The van der Waals surface area contributed by atoms with Gasteiger partial charge in [-0.3, -0.25) is 24.0 Å². The molecule has 11 nitrogen and oxygen atoms in total. The zero-order valence-corrected chi connectivity index (χ0v) is 18.1. The predicted molar refractivity (Wildman–Crippen MR) is 106 cm³/mol. The maximum absolute atomic E-state index is 12.8. The number of carbonyl (C=O) groups is 5. The normalized spacial score (nSPS) is 24.6. The van der Waals surface area contributed by atoms with Gasteiger partial charge in [0.2, 0.25) is 6.29 Å². The van der Waals surface area contributed by atoms with E-state index in [0.29, 0.717) is 0 Å². The van der Waals surface area contributed by atoms with Crippen LogP contribution in [0, 0.1) is 0 Å². The number of benzene rings is 1. The molecule has 1 heterocycles. The van der Waals surface area contributed by atoms with Gasteiger partial charge in [0.15, 0.2) is 12.2 Å². The molecule has 32 heavy (non-hydrogen) atoms. The third kappa shape index (κ3) is 7.05. The zero-order chi connectivity index (χ0) is 23.8. The molecule has 5 atom stereocenters. The minimum absolute atomic E-state index is 0.279. The molecule has 1 aliphatic rings. The van der Waals surface area contributed by atoms with Crippen molar-refractivity contribution in [1.29, 1.82) is 0 Å². The van der Waals surface area contributed by atoms with Gasteiger partial charge in [-0.25, -0.2) is 0 Å². The Morgan fingerprint density at radius 2 is 1.38 bits per heavy atom. The molecule has 1 aromatic rings. The molecule has 174 valence electrons. The van der Waals surface area contributed by atoms with Crippen LogP contribution in [-0.4, -0.2) is 67.0 Å². The van der Waals surface area contributed by atoms with E-state index in [4.69, 9.17) is 23.7 Å². The molecule has 0 spiro atoms. The minimum Gasteiger partial charge on any atom is -0.463 e. The Balaban J connectivity index is 2.44. The van der Waals surface area contributed by atoms with Crippen LogP contribution in [0.2, 0.25) is 0 Å². The van der Waals surface area contributed by atoms with Crippen LogP contribution in [-0.2, 0) is 42.9 Å². The van der Waals surface area contributed by atoms with Crippen LogP contribution in [0.5, 0.6) is 0 Å². The number of carbonyl (C=O) groups excluding carboxylic acids is 5. The van der Waals surface area contributed by atoms with Crippen LogP contribution in [0.25, 0.3) is 0 Å². The second-order valence-electron chi connectivity index (χ2n) is 6.97. The molecule has 1 fully saturated rings. The molecule has 0 aromatic heterocycles. The van der Waals surface area contributed by atoms with Gasteiger partial charge in [0.25, 0.3) is 5.91 Å². The van der Waals surface area contributed by atoms with E-state index in [1.54, 1.807) is 30.3 Å². The molecule has 1 saturated heterocycles. The Hall–Kier alpha value is -3.47. The van der Waals surface area contributed by atoms with Crippen LogP contribution in [0.3, 0.4) is 0 Å². The summed E-state index contributed by atoms with van der Waals surface area (Å²) in [5.41, 5.74) is 0.279. The van der Waals surface area contributed by atoms with Gasteiger partial charge in [0.1, 0.15) is 18.8 Å². The number of hydrogen-bond acceptors (Lipinski definition) is 10. The van der Waals surface area contributed by atoms with E-state index < -0.39 is 60.4 Å². The molecule has 1 aromatic carbocycles. The maximum atomic E-state index is 12.8. The van der Waals surface area contributed by atoms with Crippen molar-refractivity contribution in [3.05, 3.63) is 35.9 Å². The maximum Gasteiger partial charge on any atom is 0.305 e. The molecule has 1 N–H and O–H groups in total. The molecule has 0 radical (unpaired) electrons.